The molecule has 3 rings (SSSR count). The molecule has 24 heavy (non-hydrogen) atoms. The van der Waals surface area contributed by atoms with Crippen LogP contribution < -0.4 is 10.1 Å². The van der Waals surface area contributed by atoms with Gasteiger partial charge in [-0.15, -0.1) is 0 Å². The van der Waals surface area contributed by atoms with Gasteiger partial charge >= 0.3 is 5.97 Å². The molecule has 0 saturated heterocycles. The number of para-hydroxylation sites is 1. The Labute approximate surface area is 136 Å². The number of benzene rings is 1. The molecule has 0 atom stereocenters. The number of amides is 1. The first kappa shape index (κ1) is 15.6. The van der Waals surface area contributed by atoms with Gasteiger partial charge in [0.05, 0.1) is 13.5 Å². The lowest BCUT2D eigenvalue weighted by Gasteiger charge is -1.98. The van der Waals surface area contributed by atoms with E-state index in [0.717, 1.165) is 5.39 Å². The van der Waals surface area contributed by atoms with Crippen molar-refractivity contribution in [2.75, 3.05) is 12.4 Å². The van der Waals surface area contributed by atoms with Crippen molar-refractivity contribution in [2.24, 2.45) is 0 Å². The number of nitrogens with one attached hydrogen (secondary N) is 1. The van der Waals surface area contributed by atoms with Crippen molar-refractivity contribution in [1.29, 1.82) is 0 Å². The van der Waals surface area contributed by atoms with Crippen molar-refractivity contribution in [1.82, 2.24) is 5.16 Å². The zero-order valence-electron chi connectivity index (χ0n) is 12.7. The second-order valence-electron chi connectivity index (χ2n) is 5.01. The Morgan fingerprint density at radius 1 is 1.25 bits per heavy atom. The Kier molecular flexibility index (Phi) is 4.19. The van der Waals surface area contributed by atoms with Crippen LogP contribution in [-0.4, -0.2) is 29.2 Å². The summed E-state index contributed by atoms with van der Waals surface area (Å²) in [7, 11) is 1.55. The Bertz CT molecular complexity index is 895. The van der Waals surface area contributed by atoms with Crippen LogP contribution in [0.5, 0.6) is 5.75 Å². The third-order valence-corrected chi connectivity index (χ3v) is 3.31. The van der Waals surface area contributed by atoms with Crippen LogP contribution in [-0.2, 0) is 9.59 Å². The van der Waals surface area contributed by atoms with Crippen molar-refractivity contribution in [3.8, 4) is 17.3 Å². The van der Waals surface area contributed by atoms with E-state index in [1.165, 1.54) is 6.07 Å². The van der Waals surface area contributed by atoms with Gasteiger partial charge in [0, 0.05) is 17.9 Å². The lowest BCUT2D eigenvalue weighted by molar-refractivity contribution is -0.138. The summed E-state index contributed by atoms with van der Waals surface area (Å²) < 4.78 is 16.1. The predicted molar refractivity (Wildman–Crippen MR) is 83.8 cm³/mol. The normalized spacial score (nSPS) is 10.7. The van der Waals surface area contributed by atoms with Gasteiger partial charge in [-0.1, -0.05) is 17.3 Å². The lowest BCUT2D eigenvalue weighted by Crippen LogP contribution is -2.13. The number of methoxy groups -OCH3 is 1. The minimum absolute atomic E-state index is 0.140. The molecule has 0 bridgehead atoms. The van der Waals surface area contributed by atoms with Crippen molar-refractivity contribution in [2.45, 2.75) is 12.8 Å². The summed E-state index contributed by atoms with van der Waals surface area (Å²) in [6, 6.07) is 8.77. The smallest absolute Gasteiger partial charge is 0.303 e. The summed E-state index contributed by atoms with van der Waals surface area (Å²) in [4.78, 5) is 22.0. The monoisotopic (exact) mass is 330 g/mol. The van der Waals surface area contributed by atoms with E-state index in [1.807, 2.05) is 12.1 Å². The van der Waals surface area contributed by atoms with Gasteiger partial charge in [0.2, 0.25) is 11.7 Å². The molecule has 3 aromatic rings. The van der Waals surface area contributed by atoms with Crippen LogP contribution in [0.2, 0.25) is 0 Å². The second-order valence-corrected chi connectivity index (χ2v) is 5.01. The van der Waals surface area contributed by atoms with Crippen LogP contribution in [0.25, 0.3) is 22.5 Å². The van der Waals surface area contributed by atoms with Gasteiger partial charge in [0.1, 0.15) is 0 Å². The molecule has 0 aliphatic carbocycles. The van der Waals surface area contributed by atoms with Crippen LogP contribution in [0.4, 0.5) is 5.82 Å². The fourth-order valence-electron chi connectivity index (χ4n) is 2.19. The van der Waals surface area contributed by atoms with E-state index >= 15 is 0 Å². The van der Waals surface area contributed by atoms with E-state index < -0.39 is 11.9 Å². The van der Waals surface area contributed by atoms with E-state index in [2.05, 4.69) is 10.5 Å². The highest BCUT2D eigenvalue weighted by Gasteiger charge is 2.15. The average Bonchev–Trinajstić information content (AvgIpc) is 3.18. The molecule has 2 aromatic heterocycles. The molecule has 0 aliphatic rings. The van der Waals surface area contributed by atoms with E-state index in [9.17, 15) is 9.59 Å². The van der Waals surface area contributed by atoms with Crippen molar-refractivity contribution >= 4 is 28.7 Å². The predicted octanol–water partition coefficient (Wildman–Crippen LogP) is 2.90. The topological polar surface area (TPSA) is 115 Å². The number of nitrogens with zero attached hydrogens (tertiary/aromatic N) is 1. The minimum atomic E-state index is -1.04. The van der Waals surface area contributed by atoms with Gasteiger partial charge < -0.3 is 24.1 Å². The van der Waals surface area contributed by atoms with Crippen LogP contribution >= 0.6 is 0 Å². The van der Waals surface area contributed by atoms with Crippen molar-refractivity contribution in [3.05, 3.63) is 30.3 Å². The molecule has 0 saturated carbocycles. The Hall–Kier alpha value is -3.29. The van der Waals surface area contributed by atoms with Gasteiger partial charge in [0.25, 0.3) is 0 Å². The first-order valence-electron chi connectivity index (χ1n) is 7.12. The molecule has 0 unspecified atom stereocenters. The minimum Gasteiger partial charge on any atom is -0.493 e. The van der Waals surface area contributed by atoms with Gasteiger partial charge in [-0.25, -0.2) is 0 Å². The molecule has 8 heteroatoms. The van der Waals surface area contributed by atoms with Crippen molar-refractivity contribution < 1.29 is 28.4 Å². The second kappa shape index (κ2) is 6.45. The summed E-state index contributed by atoms with van der Waals surface area (Å²) >= 11 is 0. The number of ether oxygens (including phenoxy) is 1. The Balaban J connectivity index is 1.78. The zero-order valence-corrected chi connectivity index (χ0v) is 12.7. The summed E-state index contributed by atoms with van der Waals surface area (Å²) in [5.74, 6) is 0.0637. The number of carboxylic acids is 1. The molecule has 1 aromatic carbocycles. The Morgan fingerprint density at radius 2 is 2.08 bits per heavy atom. The van der Waals surface area contributed by atoms with Gasteiger partial charge in [-0.05, 0) is 12.1 Å². The van der Waals surface area contributed by atoms with E-state index in [4.69, 9.17) is 18.8 Å². The highest BCUT2D eigenvalue weighted by Crippen LogP contribution is 2.33. The number of carboxylic acid groups (broad SMARTS) is 1. The van der Waals surface area contributed by atoms with Gasteiger partial charge in [-0.2, -0.15) is 0 Å². The maximum Gasteiger partial charge on any atom is 0.303 e. The number of anilines is 1. The van der Waals surface area contributed by atoms with Crippen LogP contribution in [0.3, 0.4) is 0 Å². The third-order valence-electron chi connectivity index (χ3n) is 3.31. The SMILES string of the molecule is COc1cccc2cc(-c3cc(NC(=O)CCC(=O)O)no3)oc12. The summed E-state index contributed by atoms with van der Waals surface area (Å²) in [5.41, 5.74) is 0.582. The fraction of sp³-hybridized carbons (Fsp3) is 0.188. The molecule has 0 radical (unpaired) electrons. The summed E-state index contributed by atoms with van der Waals surface area (Å²) in [6.07, 6.45) is -0.390. The number of carbonyl (C=O) groups is 2. The van der Waals surface area contributed by atoms with E-state index in [0.29, 0.717) is 22.9 Å². The van der Waals surface area contributed by atoms with Crippen LogP contribution in [0, 0.1) is 0 Å². The molecule has 124 valence electrons. The molecule has 0 spiro atoms. The van der Waals surface area contributed by atoms with E-state index in [1.54, 1.807) is 19.2 Å². The standard InChI is InChI=1S/C16H14N2O6/c1-22-10-4-2-3-9-7-11(23-16(9)10)12-8-13(18-24-12)17-14(19)5-6-15(20)21/h2-4,7-8H,5-6H2,1H3,(H,20,21)(H,17,18,19). The molecule has 2 heterocycles. The molecular weight excluding hydrogens is 316 g/mol. The first-order valence-corrected chi connectivity index (χ1v) is 7.12. The number of carbonyl (C=O) groups excluding carboxylic acids is 1. The average molecular weight is 330 g/mol. The number of hydrogen-bond acceptors (Lipinski definition) is 6. The molecule has 8 nitrogen and oxygen atoms in total. The first-order chi connectivity index (χ1) is 11.6. The summed E-state index contributed by atoms with van der Waals surface area (Å²) in [5, 5.41) is 15.6. The highest BCUT2D eigenvalue weighted by molar-refractivity contribution is 5.92. The van der Waals surface area contributed by atoms with Gasteiger partial charge in [-0.3, -0.25) is 9.59 Å². The molecule has 0 aliphatic heterocycles. The van der Waals surface area contributed by atoms with Crippen molar-refractivity contribution in [3.63, 3.8) is 0 Å². The van der Waals surface area contributed by atoms with Crippen LogP contribution in [0.15, 0.2) is 39.3 Å². The van der Waals surface area contributed by atoms with Crippen LogP contribution in [0.1, 0.15) is 12.8 Å². The highest BCUT2D eigenvalue weighted by atomic mass is 16.5. The fourth-order valence-corrected chi connectivity index (χ4v) is 2.19. The van der Waals surface area contributed by atoms with E-state index in [-0.39, 0.29) is 18.7 Å². The number of rotatable bonds is 6. The maximum absolute atomic E-state index is 11.6. The Morgan fingerprint density at radius 3 is 2.83 bits per heavy atom. The largest absolute Gasteiger partial charge is 0.493 e. The number of furan rings is 1. The third kappa shape index (κ3) is 3.22. The number of aliphatic carboxylic acids is 1. The molecule has 2 N–H and O–H groups in total. The molecule has 0 fully saturated rings. The number of aromatic nitrogens is 1. The molecular formula is C16H14N2O6. The number of fused-ring (bicyclic) bond motifs is 1. The lowest BCUT2D eigenvalue weighted by atomic mass is 10.2. The number of hydrogen-bond donors (Lipinski definition) is 2. The molecule has 1 amide bonds. The summed E-state index contributed by atoms with van der Waals surface area (Å²) in [6.45, 7) is 0. The quantitative estimate of drug-likeness (QED) is 0.714. The van der Waals surface area contributed by atoms with Gasteiger partial charge in [0.15, 0.2) is 22.9 Å². The maximum atomic E-state index is 11.6. The zero-order chi connectivity index (χ0) is 17.1.